The second-order valence-corrected chi connectivity index (χ2v) is 6.25. The number of phenolic OH excluding ortho intramolecular Hbond substituents is 1. The Kier molecular flexibility index (Phi) is 7.92. The Balaban J connectivity index is 1.87. The van der Waals surface area contributed by atoms with Gasteiger partial charge in [0.15, 0.2) is 5.96 Å². The lowest BCUT2D eigenvalue weighted by molar-refractivity contribution is 0.406. The van der Waals surface area contributed by atoms with Crippen molar-refractivity contribution < 1.29 is 14.2 Å². The van der Waals surface area contributed by atoms with E-state index in [2.05, 4.69) is 15.6 Å². The normalized spacial score (nSPS) is 11.3. The number of rotatable bonds is 8. The molecule has 0 amide bonds. The van der Waals surface area contributed by atoms with Crippen molar-refractivity contribution in [1.29, 1.82) is 0 Å². The van der Waals surface area contributed by atoms with Crippen LogP contribution in [0.2, 0.25) is 0 Å². The van der Waals surface area contributed by atoms with Crippen LogP contribution in [0.1, 0.15) is 23.6 Å². The maximum absolute atomic E-state index is 13.2. The second-order valence-electron chi connectivity index (χ2n) is 6.25. The average molecular weight is 373 g/mol. The van der Waals surface area contributed by atoms with E-state index in [9.17, 15) is 9.50 Å². The van der Waals surface area contributed by atoms with Gasteiger partial charge < -0.3 is 20.5 Å². The maximum atomic E-state index is 13.2. The number of hydrogen-bond donors (Lipinski definition) is 3. The number of nitrogens with zero attached hydrogens (tertiary/aromatic N) is 1. The van der Waals surface area contributed by atoms with Gasteiger partial charge in [-0.2, -0.15) is 0 Å². The van der Waals surface area contributed by atoms with Crippen LogP contribution >= 0.6 is 0 Å². The highest BCUT2D eigenvalue weighted by Gasteiger charge is 2.05. The van der Waals surface area contributed by atoms with E-state index in [1.807, 2.05) is 32.0 Å². The molecule has 0 spiro atoms. The van der Waals surface area contributed by atoms with Crippen LogP contribution in [0.3, 0.4) is 0 Å². The molecule has 2 aromatic rings. The van der Waals surface area contributed by atoms with Crippen molar-refractivity contribution in [3.63, 3.8) is 0 Å². The number of guanidine groups is 1. The van der Waals surface area contributed by atoms with Crippen LogP contribution in [0.4, 0.5) is 4.39 Å². The van der Waals surface area contributed by atoms with Crippen molar-refractivity contribution in [2.75, 3.05) is 26.7 Å². The third-order valence-electron chi connectivity index (χ3n) is 4.28. The van der Waals surface area contributed by atoms with E-state index in [1.165, 1.54) is 6.07 Å². The van der Waals surface area contributed by atoms with Crippen LogP contribution < -0.4 is 15.4 Å². The fourth-order valence-electron chi connectivity index (χ4n) is 2.77. The standard InChI is InChI=1S/C21H28FN3O2/c1-4-23-21(24-11-9-16-5-7-18(22)13-15(16)2)25-12-10-17-6-8-19(27-3)14-20(17)26/h5-8,13-14,26H,4,9-12H2,1-3H3,(H2,23,24,25). The van der Waals surface area contributed by atoms with Gasteiger partial charge in [0.2, 0.25) is 0 Å². The topological polar surface area (TPSA) is 65.9 Å². The monoisotopic (exact) mass is 373 g/mol. The van der Waals surface area contributed by atoms with Gasteiger partial charge in [0, 0.05) is 25.7 Å². The summed E-state index contributed by atoms with van der Waals surface area (Å²) in [4.78, 5) is 4.57. The molecule has 27 heavy (non-hydrogen) atoms. The quantitative estimate of drug-likeness (QED) is 0.491. The van der Waals surface area contributed by atoms with Crippen LogP contribution in [-0.4, -0.2) is 37.8 Å². The molecule has 0 unspecified atom stereocenters. The third kappa shape index (κ3) is 6.47. The first-order valence-corrected chi connectivity index (χ1v) is 9.16. The summed E-state index contributed by atoms with van der Waals surface area (Å²) in [6.45, 7) is 5.93. The Hall–Kier alpha value is -2.76. The van der Waals surface area contributed by atoms with Gasteiger partial charge in [0.05, 0.1) is 7.11 Å². The molecule has 5 nitrogen and oxygen atoms in total. The van der Waals surface area contributed by atoms with Gasteiger partial charge in [-0.25, -0.2) is 4.39 Å². The minimum atomic E-state index is -0.212. The third-order valence-corrected chi connectivity index (χ3v) is 4.28. The summed E-state index contributed by atoms with van der Waals surface area (Å²) in [5, 5.41) is 16.5. The van der Waals surface area contributed by atoms with Gasteiger partial charge >= 0.3 is 0 Å². The molecule has 0 heterocycles. The molecular weight excluding hydrogens is 345 g/mol. The van der Waals surface area contributed by atoms with Crippen LogP contribution in [-0.2, 0) is 12.8 Å². The number of nitrogens with one attached hydrogen (secondary N) is 2. The van der Waals surface area contributed by atoms with E-state index in [0.717, 1.165) is 35.6 Å². The van der Waals surface area contributed by atoms with E-state index in [0.29, 0.717) is 25.3 Å². The lowest BCUT2D eigenvalue weighted by atomic mass is 10.1. The average Bonchev–Trinajstić information content (AvgIpc) is 2.64. The van der Waals surface area contributed by atoms with E-state index in [1.54, 1.807) is 19.2 Å². The fraction of sp³-hybridized carbons (Fsp3) is 0.381. The molecular formula is C21H28FN3O2. The van der Waals surface area contributed by atoms with Gasteiger partial charge in [-0.15, -0.1) is 0 Å². The van der Waals surface area contributed by atoms with E-state index >= 15 is 0 Å². The number of aromatic hydroxyl groups is 1. The van der Waals surface area contributed by atoms with Crippen molar-refractivity contribution in [3.05, 3.63) is 58.9 Å². The Bertz CT molecular complexity index is 778. The summed E-state index contributed by atoms with van der Waals surface area (Å²) in [6.07, 6.45) is 1.42. The maximum Gasteiger partial charge on any atom is 0.191 e. The van der Waals surface area contributed by atoms with Crippen molar-refractivity contribution in [2.24, 2.45) is 4.99 Å². The largest absolute Gasteiger partial charge is 0.508 e. The zero-order chi connectivity index (χ0) is 19.6. The number of halogens is 1. The highest BCUT2D eigenvalue weighted by Crippen LogP contribution is 2.23. The molecule has 0 aromatic heterocycles. The zero-order valence-corrected chi connectivity index (χ0v) is 16.2. The van der Waals surface area contributed by atoms with Crippen molar-refractivity contribution in [3.8, 4) is 11.5 Å². The summed E-state index contributed by atoms with van der Waals surface area (Å²) < 4.78 is 18.3. The predicted octanol–water partition coefficient (Wildman–Crippen LogP) is 3.19. The summed E-state index contributed by atoms with van der Waals surface area (Å²) in [7, 11) is 1.57. The Labute approximate surface area is 160 Å². The van der Waals surface area contributed by atoms with Gasteiger partial charge in [0.1, 0.15) is 17.3 Å². The number of benzene rings is 2. The molecule has 0 aliphatic rings. The number of ether oxygens (including phenoxy) is 1. The number of methoxy groups -OCH3 is 1. The second kappa shape index (κ2) is 10.4. The fourth-order valence-corrected chi connectivity index (χ4v) is 2.77. The minimum Gasteiger partial charge on any atom is -0.508 e. The van der Waals surface area contributed by atoms with Gasteiger partial charge in [-0.1, -0.05) is 12.1 Å². The smallest absolute Gasteiger partial charge is 0.191 e. The van der Waals surface area contributed by atoms with E-state index < -0.39 is 0 Å². The summed E-state index contributed by atoms with van der Waals surface area (Å²) in [5.41, 5.74) is 2.89. The lowest BCUT2D eigenvalue weighted by Crippen LogP contribution is -2.38. The summed E-state index contributed by atoms with van der Waals surface area (Å²) in [5.74, 6) is 1.38. The molecule has 146 valence electrons. The van der Waals surface area contributed by atoms with E-state index in [4.69, 9.17) is 4.74 Å². The first-order chi connectivity index (χ1) is 13.0. The van der Waals surface area contributed by atoms with Crippen molar-refractivity contribution >= 4 is 5.96 Å². The van der Waals surface area contributed by atoms with Crippen molar-refractivity contribution in [1.82, 2.24) is 10.6 Å². The van der Waals surface area contributed by atoms with Crippen LogP contribution in [0.15, 0.2) is 41.4 Å². The SMILES string of the molecule is CCNC(=NCCc1ccc(F)cc1C)NCCc1ccc(OC)cc1O. The molecule has 3 N–H and O–H groups in total. The first kappa shape index (κ1) is 20.6. The molecule has 0 fully saturated rings. The molecule has 6 heteroatoms. The van der Waals surface area contributed by atoms with Crippen LogP contribution in [0, 0.1) is 12.7 Å². The van der Waals surface area contributed by atoms with Crippen LogP contribution in [0.5, 0.6) is 11.5 Å². The number of aliphatic imine (C=N–C) groups is 1. The zero-order valence-electron chi connectivity index (χ0n) is 16.2. The molecule has 0 saturated heterocycles. The Morgan fingerprint density at radius 1 is 1.11 bits per heavy atom. The number of aryl methyl sites for hydroxylation is 1. The minimum absolute atomic E-state index is 0.212. The molecule has 0 bridgehead atoms. The lowest BCUT2D eigenvalue weighted by Gasteiger charge is -2.12. The molecule has 0 aliphatic heterocycles. The molecule has 0 saturated carbocycles. The summed E-state index contributed by atoms with van der Waals surface area (Å²) >= 11 is 0. The first-order valence-electron chi connectivity index (χ1n) is 9.16. The molecule has 0 aliphatic carbocycles. The molecule has 2 aromatic carbocycles. The summed E-state index contributed by atoms with van der Waals surface area (Å²) in [6, 6.07) is 10.1. The van der Waals surface area contributed by atoms with Gasteiger partial charge in [-0.05, 0) is 61.6 Å². The predicted molar refractivity (Wildman–Crippen MR) is 107 cm³/mol. The highest BCUT2D eigenvalue weighted by atomic mass is 19.1. The Morgan fingerprint density at radius 3 is 2.56 bits per heavy atom. The van der Waals surface area contributed by atoms with Crippen molar-refractivity contribution in [2.45, 2.75) is 26.7 Å². The highest BCUT2D eigenvalue weighted by molar-refractivity contribution is 5.79. The molecule has 0 radical (unpaired) electrons. The molecule has 2 rings (SSSR count). The molecule has 0 atom stereocenters. The number of phenols is 1. The Morgan fingerprint density at radius 2 is 1.89 bits per heavy atom. The van der Waals surface area contributed by atoms with Gasteiger partial charge in [0.25, 0.3) is 0 Å². The van der Waals surface area contributed by atoms with Gasteiger partial charge in [-0.3, -0.25) is 4.99 Å². The van der Waals surface area contributed by atoms with Crippen LogP contribution in [0.25, 0.3) is 0 Å². The van der Waals surface area contributed by atoms with E-state index in [-0.39, 0.29) is 11.6 Å². The number of hydrogen-bond acceptors (Lipinski definition) is 3.